The van der Waals surface area contributed by atoms with E-state index in [1.165, 1.54) is 5.56 Å². The smallest absolute Gasteiger partial charge is 0.243 e. The first-order valence-electron chi connectivity index (χ1n) is 9.52. The molecule has 0 spiro atoms. The van der Waals surface area contributed by atoms with Crippen LogP contribution in [0.3, 0.4) is 0 Å². The van der Waals surface area contributed by atoms with Crippen LogP contribution in [0.2, 0.25) is 0 Å². The van der Waals surface area contributed by atoms with Gasteiger partial charge in [0.25, 0.3) is 0 Å². The molecule has 2 saturated heterocycles. The number of carbonyl (C=O) groups excluding carboxylic acids is 1. The summed E-state index contributed by atoms with van der Waals surface area (Å²) in [5, 5.41) is 3.59. The van der Waals surface area contributed by atoms with Gasteiger partial charge in [-0.15, -0.1) is 0 Å². The highest BCUT2D eigenvalue weighted by Crippen LogP contribution is 2.27. The Morgan fingerprint density at radius 1 is 1.23 bits per heavy atom. The Morgan fingerprint density at radius 3 is 2.65 bits per heavy atom. The predicted molar refractivity (Wildman–Crippen MR) is 103 cm³/mol. The van der Waals surface area contributed by atoms with E-state index in [4.69, 9.17) is 4.74 Å². The first-order valence-corrected chi connectivity index (χ1v) is 9.52. The molecule has 1 aromatic carbocycles. The van der Waals surface area contributed by atoms with Crippen LogP contribution in [0.15, 0.2) is 35.3 Å². The molecule has 1 atom stereocenters. The van der Waals surface area contributed by atoms with Crippen LogP contribution in [-0.4, -0.2) is 74.7 Å². The number of likely N-dealkylation sites (N-methyl/N-ethyl adjacent to an activating group) is 1. The number of amides is 1. The van der Waals surface area contributed by atoms with Gasteiger partial charge < -0.3 is 19.9 Å². The molecule has 1 amide bonds. The van der Waals surface area contributed by atoms with Crippen molar-refractivity contribution in [1.29, 1.82) is 0 Å². The zero-order valence-corrected chi connectivity index (χ0v) is 15.9. The Labute approximate surface area is 156 Å². The summed E-state index contributed by atoms with van der Waals surface area (Å²) < 4.78 is 5.46. The van der Waals surface area contributed by atoms with Crippen LogP contribution >= 0.6 is 0 Å². The van der Waals surface area contributed by atoms with Crippen molar-refractivity contribution < 1.29 is 9.53 Å². The van der Waals surface area contributed by atoms with E-state index in [0.29, 0.717) is 12.0 Å². The molecule has 3 rings (SSSR count). The van der Waals surface area contributed by atoms with Gasteiger partial charge in [-0.2, -0.15) is 0 Å². The van der Waals surface area contributed by atoms with E-state index in [1.807, 2.05) is 0 Å². The highest BCUT2D eigenvalue weighted by atomic mass is 16.5. The molecule has 0 aliphatic carbocycles. The van der Waals surface area contributed by atoms with Gasteiger partial charge in [0.1, 0.15) is 6.54 Å². The van der Waals surface area contributed by atoms with Gasteiger partial charge in [-0.3, -0.25) is 4.79 Å². The fourth-order valence-corrected chi connectivity index (χ4v) is 3.50. The number of hydrogen-bond donors (Lipinski definition) is 1. The summed E-state index contributed by atoms with van der Waals surface area (Å²) in [6.07, 6.45) is 3.08. The van der Waals surface area contributed by atoms with Crippen LogP contribution in [0.5, 0.6) is 0 Å². The zero-order valence-electron chi connectivity index (χ0n) is 15.9. The first kappa shape index (κ1) is 18.7. The number of guanidine groups is 1. The minimum Gasteiger partial charge on any atom is -0.381 e. The van der Waals surface area contributed by atoms with E-state index >= 15 is 0 Å². The van der Waals surface area contributed by atoms with Crippen molar-refractivity contribution in [2.75, 3.05) is 46.9 Å². The summed E-state index contributed by atoms with van der Waals surface area (Å²) in [6, 6.07) is 11.0. The second-order valence-corrected chi connectivity index (χ2v) is 7.30. The van der Waals surface area contributed by atoms with E-state index in [0.717, 1.165) is 51.5 Å². The van der Waals surface area contributed by atoms with E-state index in [1.54, 1.807) is 19.0 Å². The molecule has 1 N–H and O–H groups in total. The fraction of sp³-hybridized carbons (Fsp3) is 0.600. The molecule has 0 bridgehead atoms. The minimum absolute atomic E-state index is 0.0232. The molecule has 2 fully saturated rings. The Kier molecular flexibility index (Phi) is 6.50. The van der Waals surface area contributed by atoms with Crippen molar-refractivity contribution in [2.24, 2.45) is 4.99 Å². The second kappa shape index (κ2) is 9.03. The van der Waals surface area contributed by atoms with Crippen LogP contribution in [0, 0.1) is 0 Å². The summed E-state index contributed by atoms with van der Waals surface area (Å²) in [5.74, 6) is 1.41. The van der Waals surface area contributed by atoms with Crippen molar-refractivity contribution in [3.8, 4) is 0 Å². The minimum atomic E-state index is 0.0232. The maximum atomic E-state index is 12.0. The van der Waals surface area contributed by atoms with Gasteiger partial charge in [0, 0.05) is 52.4 Å². The molecular formula is C20H30N4O2. The zero-order chi connectivity index (χ0) is 18.4. The summed E-state index contributed by atoms with van der Waals surface area (Å²) in [4.78, 5) is 20.5. The van der Waals surface area contributed by atoms with Crippen molar-refractivity contribution in [3.63, 3.8) is 0 Å². The van der Waals surface area contributed by atoms with Gasteiger partial charge in [-0.25, -0.2) is 4.99 Å². The molecular weight excluding hydrogens is 328 g/mol. The van der Waals surface area contributed by atoms with Gasteiger partial charge in [-0.1, -0.05) is 30.3 Å². The van der Waals surface area contributed by atoms with E-state index in [-0.39, 0.29) is 12.5 Å². The van der Waals surface area contributed by atoms with Gasteiger partial charge in [0.2, 0.25) is 5.91 Å². The summed E-state index contributed by atoms with van der Waals surface area (Å²) in [6.45, 7) is 3.66. The molecule has 1 aromatic rings. The monoisotopic (exact) mass is 358 g/mol. The average Bonchev–Trinajstić information content (AvgIpc) is 3.16. The molecule has 0 radical (unpaired) electrons. The largest absolute Gasteiger partial charge is 0.381 e. The van der Waals surface area contributed by atoms with Gasteiger partial charge in [0.05, 0.1) is 0 Å². The third kappa shape index (κ3) is 4.97. The number of benzene rings is 1. The third-order valence-corrected chi connectivity index (χ3v) is 5.18. The van der Waals surface area contributed by atoms with E-state index in [9.17, 15) is 4.79 Å². The fourth-order valence-electron chi connectivity index (χ4n) is 3.50. The number of carbonyl (C=O) groups is 1. The number of nitrogens with one attached hydrogen (secondary N) is 1. The van der Waals surface area contributed by atoms with Gasteiger partial charge >= 0.3 is 0 Å². The van der Waals surface area contributed by atoms with Crippen LogP contribution < -0.4 is 5.32 Å². The highest BCUT2D eigenvalue weighted by molar-refractivity contribution is 5.85. The molecule has 26 heavy (non-hydrogen) atoms. The SMILES string of the molecule is CN(C)C(=O)CN=C(NC1CCOCC1)N1CCC(c2ccccc2)C1. The molecule has 0 saturated carbocycles. The van der Waals surface area contributed by atoms with E-state index in [2.05, 4.69) is 45.5 Å². The lowest BCUT2D eigenvalue weighted by Gasteiger charge is -2.29. The average molecular weight is 358 g/mol. The van der Waals surface area contributed by atoms with Crippen molar-refractivity contribution in [1.82, 2.24) is 15.1 Å². The lowest BCUT2D eigenvalue weighted by atomic mass is 9.99. The Morgan fingerprint density at radius 2 is 1.96 bits per heavy atom. The van der Waals surface area contributed by atoms with Crippen LogP contribution in [0.1, 0.15) is 30.7 Å². The highest BCUT2D eigenvalue weighted by Gasteiger charge is 2.28. The quantitative estimate of drug-likeness (QED) is 0.657. The Bertz CT molecular complexity index is 611. The van der Waals surface area contributed by atoms with E-state index < -0.39 is 0 Å². The molecule has 2 aliphatic heterocycles. The predicted octanol–water partition coefficient (Wildman–Crippen LogP) is 1.69. The third-order valence-electron chi connectivity index (χ3n) is 5.18. The Balaban J connectivity index is 1.68. The first-order chi connectivity index (χ1) is 12.6. The van der Waals surface area contributed by atoms with Gasteiger partial charge in [-0.05, 0) is 24.8 Å². The number of hydrogen-bond acceptors (Lipinski definition) is 3. The lowest BCUT2D eigenvalue weighted by molar-refractivity contribution is -0.127. The topological polar surface area (TPSA) is 57.2 Å². The summed E-state index contributed by atoms with van der Waals surface area (Å²) >= 11 is 0. The van der Waals surface area contributed by atoms with Crippen LogP contribution in [-0.2, 0) is 9.53 Å². The number of aliphatic imine (C=N–C) groups is 1. The van der Waals surface area contributed by atoms with Crippen molar-refractivity contribution in [2.45, 2.75) is 31.2 Å². The second-order valence-electron chi connectivity index (χ2n) is 7.30. The standard InChI is InChI=1S/C20H30N4O2/c1-23(2)19(25)14-21-20(22-18-9-12-26-13-10-18)24-11-8-17(15-24)16-6-4-3-5-7-16/h3-7,17-18H,8-15H2,1-2H3,(H,21,22). The van der Waals surface area contributed by atoms with Crippen molar-refractivity contribution >= 4 is 11.9 Å². The lowest BCUT2D eigenvalue weighted by Crippen LogP contribution is -2.47. The Hall–Kier alpha value is -2.08. The molecule has 2 heterocycles. The molecule has 0 aromatic heterocycles. The normalized spacial score (nSPS) is 21.7. The number of ether oxygens (including phenoxy) is 1. The van der Waals surface area contributed by atoms with Crippen LogP contribution in [0.4, 0.5) is 0 Å². The van der Waals surface area contributed by atoms with Crippen molar-refractivity contribution in [3.05, 3.63) is 35.9 Å². The maximum absolute atomic E-state index is 12.0. The number of nitrogens with zero attached hydrogens (tertiary/aromatic N) is 3. The molecule has 2 aliphatic rings. The number of rotatable bonds is 4. The summed E-state index contributed by atoms with van der Waals surface area (Å²) in [5.41, 5.74) is 1.38. The molecule has 142 valence electrons. The summed E-state index contributed by atoms with van der Waals surface area (Å²) in [7, 11) is 3.54. The molecule has 6 nitrogen and oxygen atoms in total. The molecule has 6 heteroatoms. The van der Waals surface area contributed by atoms with Gasteiger partial charge in [0.15, 0.2) is 5.96 Å². The maximum Gasteiger partial charge on any atom is 0.243 e. The van der Waals surface area contributed by atoms with Crippen LogP contribution in [0.25, 0.3) is 0 Å². The number of likely N-dealkylation sites (tertiary alicyclic amines) is 1. The molecule has 1 unspecified atom stereocenters.